The van der Waals surface area contributed by atoms with Crippen LogP contribution in [0.2, 0.25) is 10.0 Å². The van der Waals surface area contributed by atoms with Crippen LogP contribution < -0.4 is 10.2 Å². The third-order valence-electron chi connectivity index (χ3n) is 3.88. The zero-order chi connectivity index (χ0) is 20.1. The first kappa shape index (κ1) is 21.3. The van der Waals surface area contributed by atoms with Crippen LogP contribution in [0, 0.1) is 5.82 Å². The van der Waals surface area contributed by atoms with E-state index in [1.807, 2.05) is 0 Å². The van der Waals surface area contributed by atoms with Gasteiger partial charge in [-0.1, -0.05) is 43.1 Å². The Hall–Kier alpha value is -2.02. The molecular formula is C19H20Cl2FNO4. The first-order valence-electron chi connectivity index (χ1n) is 8.17. The number of benzene rings is 2. The summed E-state index contributed by atoms with van der Waals surface area (Å²) in [5, 5.41) is 10.5. The average Bonchev–Trinajstić information content (AvgIpc) is 2.58. The fourth-order valence-corrected chi connectivity index (χ4v) is 3.23. The third kappa shape index (κ3) is 5.25. The predicted octanol–water partition coefficient (Wildman–Crippen LogP) is 4.61. The fraction of sp³-hybridized carbons (Fsp3) is 0.316. The van der Waals surface area contributed by atoms with E-state index < -0.39 is 11.7 Å². The zero-order valence-electron chi connectivity index (χ0n) is 15.1. The molecule has 0 saturated carbocycles. The van der Waals surface area contributed by atoms with Crippen molar-refractivity contribution < 1.29 is 23.9 Å². The molecule has 146 valence electrons. The van der Waals surface area contributed by atoms with Crippen molar-refractivity contribution in [2.24, 2.45) is 0 Å². The van der Waals surface area contributed by atoms with Crippen LogP contribution in [0.3, 0.4) is 0 Å². The SMILES string of the molecule is CONC(=O)COc1cc(Cl)c(Cc2ccc(O)c(C(C)C)c2F)c(Cl)c1. The van der Waals surface area contributed by atoms with Crippen molar-refractivity contribution in [1.29, 1.82) is 0 Å². The average molecular weight is 416 g/mol. The summed E-state index contributed by atoms with van der Waals surface area (Å²) in [4.78, 5) is 15.8. The highest BCUT2D eigenvalue weighted by atomic mass is 35.5. The van der Waals surface area contributed by atoms with Gasteiger partial charge >= 0.3 is 0 Å². The highest BCUT2D eigenvalue weighted by Crippen LogP contribution is 2.35. The lowest BCUT2D eigenvalue weighted by Gasteiger charge is -2.15. The summed E-state index contributed by atoms with van der Waals surface area (Å²) in [7, 11) is 1.31. The number of amides is 1. The Balaban J connectivity index is 2.25. The molecule has 0 aliphatic heterocycles. The molecular weight excluding hydrogens is 396 g/mol. The van der Waals surface area contributed by atoms with Crippen LogP contribution in [0.15, 0.2) is 24.3 Å². The van der Waals surface area contributed by atoms with Crippen LogP contribution in [-0.2, 0) is 16.1 Å². The van der Waals surface area contributed by atoms with Crippen LogP contribution in [-0.4, -0.2) is 24.7 Å². The number of carbonyl (C=O) groups excluding carboxylic acids is 1. The molecule has 2 rings (SSSR count). The highest BCUT2D eigenvalue weighted by molar-refractivity contribution is 6.36. The lowest BCUT2D eigenvalue weighted by atomic mass is 9.95. The van der Waals surface area contributed by atoms with E-state index >= 15 is 0 Å². The van der Waals surface area contributed by atoms with E-state index in [0.29, 0.717) is 16.9 Å². The van der Waals surface area contributed by atoms with Crippen LogP contribution in [0.5, 0.6) is 11.5 Å². The van der Waals surface area contributed by atoms with Gasteiger partial charge in [0.2, 0.25) is 0 Å². The summed E-state index contributed by atoms with van der Waals surface area (Å²) in [5.41, 5.74) is 3.26. The number of nitrogens with one attached hydrogen (secondary N) is 1. The summed E-state index contributed by atoms with van der Waals surface area (Å²) < 4.78 is 20.1. The van der Waals surface area contributed by atoms with Gasteiger partial charge in [0.05, 0.1) is 7.11 Å². The molecule has 0 aromatic heterocycles. The van der Waals surface area contributed by atoms with Gasteiger partial charge in [-0.05, 0) is 35.2 Å². The van der Waals surface area contributed by atoms with Gasteiger partial charge in [-0.2, -0.15) is 0 Å². The Kier molecular flexibility index (Phi) is 7.30. The first-order chi connectivity index (χ1) is 12.7. The van der Waals surface area contributed by atoms with Gasteiger partial charge < -0.3 is 9.84 Å². The summed E-state index contributed by atoms with van der Waals surface area (Å²) in [6.45, 7) is 3.33. The molecule has 0 saturated heterocycles. The van der Waals surface area contributed by atoms with Gasteiger partial charge in [-0.3, -0.25) is 9.63 Å². The summed E-state index contributed by atoms with van der Waals surface area (Å²) in [5.74, 6) is -0.907. The Morgan fingerprint density at radius 2 is 1.89 bits per heavy atom. The fourth-order valence-electron chi connectivity index (χ4n) is 2.63. The molecule has 0 spiro atoms. The molecule has 1 amide bonds. The third-order valence-corrected chi connectivity index (χ3v) is 4.56. The number of hydroxylamine groups is 1. The van der Waals surface area contributed by atoms with E-state index in [1.165, 1.54) is 31.4 Å². The molecule has 8 heteroatoms. The molecule has 0 radical (unpaired) electrons. The van der Waals surface area contributed by atoms with Crippen molar-refractivity contribution in [2.75, 3.05) is 13.7 Å². The maximum atomic E-state index is 14.8. The lowest BCUT2D eigenvalue weighted by molar-refractivity contribution is -0.133. The van der Waals surface area contributed by atoms with Gasteiger partial charge in [0, 0.05) is 22.0 Å². The maximum Gasteiger partial charge on any atom is 0.281 e. The predicted molar refractivity (Wildman–Crippen MR) is 102 cm³/mol. The minimum Gasteiger partial charge on any atom is -0.508 e. The molecule has 5 nitrogen and oxygen atoms in total. The van der Waals surface area contributed by atoms with Crippen LogP contribution in [0.1, 0.15) is 36.5 Å². The van der Waals surface area contributed by atoms with E-state index in [9.17, 15) is 14.3 Å². The van der Waals surface area contributed by atoms with Crippen molar-refractivity contribution >= 4 is 29.1 Å². The molecule has 2 aromatic carbocycles. The second kappa shape index (κ2) is 9.26. The van der Waals surface area contributed by atoms with Crippen molar-refractivity contribution in [3.8, 4) is 11.5 Å². The number of carbonyl (C=O) groups is 1. The minimum atomic E-state index is -0.478. The smallest absolute Gasteiger partial charge is 0.281 e. The Morgan fingerprint density at radius 1 is 1.26 bits per heavy atom. The molecule has 0 aliphatic carbocycles. The molecule has 0 aliphatic rings. The number of aromatic hydroxyl groups is 1. The van der Waals surface area contributed by atoms with Crippen LogP contribution in [0.4, 0.5) is 4.39 Å². The summed E-state index contributed by atoms with van der Waals surface area (Å²) >= 11 is 12.6. The minimum absolute atomic E-state index is 0.0819. The monoisotopic (exact) mass is 415 g/mol. The molecule has 0 fully saturated rings. The standard InChI is InChI=1S/C19H20Cl2FNO4/c1-10(2)18-16(24)5-4-11(19(18)22)6-13-14(20)7-12(8-15(13)21)27-9-17(25)23-26-3/h4-5,7-8,10,24H,6,9H2,1-3H3,(H,23,25). The van der Waals surface area contributed by atoms with E-state index in [2.05, 4.69) is 10.3 Å². The Morgan fingerprint density at radius 3 is 2.44 bits per heavy atom. The topological polar surface area (TPSA) is 67.8 Å². The molecule has 0 heterocycles. The number of phenolic OH excluding ortho intramolecular Hbond substituents is 1. The summed E-state index contributed by atoms with van der Waals surface area (Å²) in [6, 6.07) is 5.97. The molecule has 0 bridgehead atoms. The van der Waals surface area contributed by atoms with Crippen molar-refractivity contribution in [1.82, 2.24) is 5.48 Å². The largest absolute Gasteiger partial charge is 0.508 e. The van der Waals surface area contributed by atoms with Crippen LogP contribution >= 0.6 is 23.2 Å². The van der Waals surface area contributed by atoms with Crippen molar-refractivity contribution in [3.05, 3.63) is 56.8 Å². The number of halogens is 3. The maximum absolute atomic E-state index is 14.8. The molecule has 0 atom stereocenters. The van der Waals surface area contributed by atoms with Gasteiger partial charge in [0.1, 0.15) is 17.3 Å². The molecule has 2 N–H and O–H groups in total. The Bertz CT molecular complexity index is 820. The Labute approximate surface area is 167 Å². The van der Waals surface area contributed by atoms with E-state index in [1.54, 1.807) is 13.8 Å². The molecule has 2 aromatic rings. The zero-order valence-corrected chi connectivity index (χ0v) is 16.6. The first-order valence-corrected chi connectivity index (χ1v) is 8.93. The van der Waals surface area contributed by atoms with Gasteiger partial charge in [0.25, 0.3) is 5.91 Å². The highest BCUT2D eigenvalue weighted by Gasteiger charge is 2.18. The number of ether oxygens (including phenoxy) is 1. The van der Waals surface area contributed by atoms with Gasteiger partial charge in [-0.15, -0.1) is 0 Å². The quantitative estimate of drug-likeness (QED) is 0.647. The van der Waals surface area contributed by atoms with Crippen molar-refractivity contribution in [2.45, 2.75) is 26.2 Å². The second-order valence-corrected chi connectivity index (χ2v) is 7.00. The van der Waals surface area contributed by atoms with Crippen LogP contribution in [0.25, 0.3) is 0 Å². The van der Waals surface area contributed by atoms with E-state index in [0.717, 1.165) is 0 Å². The van der Waals surface area contributed by atoms with Gasteiger partial charge in [-0.25, -0.2) is 9.87 Å². The molecule has 27 heavy (non-hydrogen) atoms. The second-order valence-electron chi connectivity index (χ2n) is 6.19. The van der Waals surface area contributed by atoms with E-state index in [-0.39, 0.29) is 40.3 Å². The van der Waals surface area contributed by atoms with E-state index in [4.69, 9.17) is 27.9 Å². The number of phenols is 1. The lowest BCUT2D eigenvalue weighted by Crippen LogP contribution is -2.27. The number of rotatable bonds is 7. The number of hydrogen-bond acceptors (Lipinski definition) is 4. The van der Waals surface area contributed by atoms with Crippen molar-refractivity contribution in [3.63, 3.8) is 0 Å². The molecule has 0 unspecified atom stereocenters. The summed E-state index contributed by atoms with van der Waals surface area (Å²) in [6.07, 6.45) is 0.147. The normalized spacial score (nSPS) is 10.9. The van der Waals surface area contributed by atoms with Gasteiger partial charge in [0.15, 0.2) is 6.61 Å². The number of hydrogen-bond donors (Lipinski definition) is 2.